The van der Waals surface area contributed by atoms with Crippen LogP contribution in [0.25, 0.3) is 0 Å². The zero-order valence-corrected chi connectivity index (χ0v) is 12.8. The zero-order valence-electron chi connectivity index (χ0n) is 12.1. The van der Waals surface area contributed by atoms with Crippen molar-refractivity contribution in [1.82, 2.24) is 10.3 Å². The summed E-state index contributed by atoms with van der Waals surface area (Å²) in [6, 6.07) is 3.21. The third-order valence-electron chi connectivity index (χ3n) is 2.95. The van der Waals surface area contributed by atoms with E-state index in [0.29, 0.717) is 30.2 Å². The zero-order chi connectivity index (χ0) is 15.2. The summed E-state index contributed by atoms with van der Waals surface area (Å²) in [7, 11) is 1.57. The van der Waals surface area contributed by atoms with E-state index in [4.69, 9.17) is 16.3 Å². The van der Waals surface area contributed by atoms with Crippen LogP contribution in [-0.4, -0.2) is 41.9 Å². The van der Waals surface area contributed by atoms with Gasteiger partial charge in [-0.2, -0.15) is 0 Å². The number of aromatic nitrogens is 1. The Bertz CT molecular complexity index is 464. The van der Waals surface area contributed by atoms with Gasteiger partial charge in [0.05, 0.1) is 5.60 Å². The van der Waals surface area contributed by atoms with E-state index >= 15 is 0 Å². The molecule has 1 aromatic rings. The van der Waals surface area contributed by atoms with E-state index in [1.165, 1.54) is 6.07 Å². The molecule has 0 fully saturated rings. The number of halogens is 1. The normalized spacial score (nSPS) is 13.8. The molecule has 0 aliphatic heterocycles. The lowest BCUT2D eigenvalue weighted by atomic mass is 10.0. The van der Waals surface area contributed by atoms with Gasteiger partial charge in [-0.25, -0.2) is 4.98 Å². The molecular weight excluding hydrogens is 280 g/mol. The molecule has 0 aliphatic rings. The number of hydrogen-bond acceptors (Lipinski definition) is 4. The number of amides is 1. The van der Waals surface area contributed by atoms with E-state index in [-0.39, 0.29) is 12.5 Å². The van der Waals surface area contributed by atoms with Crippen LogP contribution in [0.5, 0.6) is 0 Å². The molecule has 1 atom stereocenters. The first-order valence-corrected chi connectivity index (χ1v) is 6.91. The fourth-order valence-electron chi connectivity index (χ4n) is 1.65. The third kappa shape index (κ3) is 5.45. The smallest absolute Gasteiger partial charge is 0.251 e. The Labute approximate surface area is 124 Å². The minimum Gasteiger partial charge on any atom is -0.388 e. The molecular formula is C14H21ClN2O3. The van der Waals surface area contributed by atoms with Gasteiger partial charge in [-0.05, 0) is 25.5 Å². The van der Waals surface area contributed by atoms with Gasteiger partial charge >= 0.3 is 0 Å². The number of pyridine rings is 1. The Morgan fingerprint density at radius 1 is 1.55 bits per heavy atom. The number of ether oxygens (including phenoxy) is 1. The largest absolute Gasteiger partial charge is 0.388 e. The predicted octanol–water partition coefficient (Wildman–Crippen LogP) is 1.81. The van der Waals surface area contributed by atoms with Crippen LogP contribution < -0.4 is 5.32 Å². The van der Waals surface area contributed by atoms with Crippen LogP contribution in [-0.2, 0) is 11.2 Å². The summed E-state index contributed by atoms with van der Waals surface area (Å²) in [5.41, 5.74) is 0.203. The lowest BCUT2D eigenvalue weighted by molar-refractivity contribution is 0.0243. The molecule has 1 aromatic heterocycles. The summed E-state index contributed by atoms with van der Waals surface area (Å²) in [4.78, 5) is 16.1. The summed E-state index contributed by atoms with van der Waals surface area (Å²) in [5.74, 6) is -0.276. The van der Waals surface area contributed by atoms with Gasteiger partial charge in [0.2, 0.25) is 0 Å². The van der Waals surface area contributed by atoms with Gasteiger partial charge < -0.3 is 15.2 Å². The van der Waals surface area contributed by atoms with Crippen LogP contribution >= 0.6 is 11.6 Å². The van der Waals surface area contributed by atoms with Crippen LogP contribution in [0.15, 0.2) is 12.1 Å². The first-order valence-electron chi connectivity index (χ1n) is 6.54. The Morgan fingerprint density at radius 3 is 2.85 bits per heavy atom. The first-order chi connectivity index (χ1) is 9.38. The number of methoxy groups -OCH3 is 1. The number of hydrogen-bond donors (Lipinski definition) is 2. The molecule has 1 amide bonds. The maximum atomic E-state index is 12.0. The van der Waals surface area contributed by atoms with Gasteiger partial charge in [0, 0.05) is 37.9 Å². The Kier molecular flexibility index (Phi) is 6.39. The number of nitrogens with one attached hydrogen (secondary N) is 1. The van der Waals surface area contributed by atoms with E-state index in [1.54, 1.807) is 20.1 Å². The molecule has 1 unspecified atom stereocenters. The highest BCUT2D eigenvalue weighted by Crippen LogP contribution is 2.12. The van der Waals surface area contributed by atoms with Crippen molar-refractivity contribution in [2.75, 3.05) is 20.3 Å². The average molecular weight is 301 g/mol. The number of carbonyl (C=O) groups excluding carboxylic acids is 1. The topological polar surface area (TPSA) is 71.5 Å². The minimum atomic E-state index is -1.00. The van der Waals surface area contributed by atoms with Gasteiger partial charge in [0.25, 0.3) is 5.91 Å². The molecule has 1 heterocycles. The monoisotopic (exact) mass is 300 g/mol. The lowest BCUT2D eigenvalue weighted by Gasteiger charge is -2.23. The van der Waals surface area contributed by atoms with E-state index in [2.05, 4.69) is 10.3 Å². The molecule has 6 heteroatoms. The van der Waals surface area contributed by atoms with E-state index < -0.39 is 5.60 Å². The second-order valence-electron chi connectivity index (χ2n) is 4.95. The maximum absolute atomic E-state index is 12.0. The fourth-order valence-corrected chi connectivity index (χ4v) is 1.87. The highest BCUT2D eigenvalue weighted by Gasteiger charge is 2.21. The van der Waals surface area contributed by atoms with Crippen molar-refractivity contribution in [3.63, 3.8) is 0 Å². The number of aryl methyl sites for hydroxylation is 1. The van der Waals surface area contributed by atoms with Gasteiger partial charge in [0.15, 0.2) is 0 Å². The van der Waals surface area contributed by atoms with Crippen LogP contribution in [0, 0.1) is 0 Å². The molecule has 112 valence electrons. The van der Waals surface area contributed by atoms with Crippen LogP contribution in [0.1, 0.15) is 36.3 Å². The van der Waals surface area contributed by atoms with Crippen molar-refractivity contribution in [3.8, 4) is 0 Å². The second-order valence-corrected chi connectivity index (χ2v) is 5.33. The van der Waals surface area contributed by atoms with E-state index in [9.17, 15) is 9.90 Å². The molecule has 0 aliphatic carbocycles. The molecule has 0 radical (unpaired) electrons. The van der Waals surface area contributed by atoms with E-state index in [1.807, 2.05) is 6.92 Å². The summed E-state index contributed by atoms with van der Waals surface area (Å²) in [6.07, 6.45) is 1.15. The minimum absolute atomic E-state index is 0.149. The second kappa shape index (κ2) is 7.57. The first kappa shape index (κ1) is 16.9. The van der Waals surface area contributed by atoms with Crippen LogP contribution in [0.3, 0.4) is 0 Å². The van der Waals surface area contributed by atoms with Crippen molar-refractivity contribution in [3.05, 3.63) is 28.5 Å². The molecule has 1 rings (SSSR count). The molecule has 0 saturated carbocycles. The van der Waals surface area contributed by atoms with Crippen molar-refractivity contribution >= 4 is 17.5 Å². The molecule has 0 spiro atoms. The Balaban J connectivity index is 2.65. The average Bonchev–Trinajstić information content (AvgIpc) is 2.42. The van der Waals surface area contributed by atoms with Crippen LogP contribution in [0.4, 0.5) is 0 Å². The number of rotatable bonds is 7. The molecule has 5 nitrogen and oxygen atoms in total. The summed E-state index contributed by atoms with van der Waals surface area (Å²) in [6.45, 7) is 4.18. The van der Waals surface area contributed by atoms with Gasteiger partial charge in [-0.1, -0.05) is 18.5 Å². The van der Waals surface area contributed by atoms with Gasteiger partial charge in [0.1, 0.15) is 5.15 Å². The highest BCUT2D eigenvalue weighted by atomic mass is 35.5. The maximum Gasteiger partial charge on any atom is 0.251 e. The summed E-state index contributed by atoms with van der Waals surface area (Å²) >= 11 is 5.87. The third-order valence-corrected chi connectivity index (χ3v) is 3.14. The quantitative estimate of drug-likeness (QED) is 0.754. The number of nitrogens with zero attached hydrogens (tertiary/aromatic N) is 1. The summed E-state index contributed by atoms with van der Waals surface area (Å²) < 4.78 is 4.92. The van der Waals surface area contributed by atoms with E-state index in [0.717, 1.165) is 5.69 Å². The van der Waals surface area contributed by atoms with Gasteiger partial charge in [-0.15, -0.1) is 0 Å². The van der Waals surface area contributed by atoms with Crippen molar-refractivity contribution in [1.29, 1.82) is 0 Å². The lowest BCUT2D eigenvalue weighted by Crippen LogP contribution is -2.41. The Morgan fingerprint density at radius 2 is 2.25 bits per heavy atom. The number of aliphatic hydroxyl groups is 1. The highest BCUT2D eigenvalue weighted by molar-refractivity contribution is 6.29. The Hall–Kier alpha value is -1.17. The molecule has 20 heavy (non-hydrogen) atoms. The molecule has 0 aromatic carbocycles. The summed E-state index contributed by atoms with van der Waals surface area (Å²) in [5, 5.41) is 13.1. The van der Waals surface area contributed by atoms with Crippen molar-refractivity contribution in [2.24, 2.45) is 0 Å². The van der Waals surface area contributed by atoms with Gasteiger partial charge in [-0.3, -0.25) is 4.79 Å². The SMILES string of the molecule is CCc1cc(C(=O)NCC(C)(O)CCOC)cc(Cl)n1. The predicted molar refractivity (Wildman–Crippen MR) is 78.1 cm³/mol. The number of carbonyl (C=O) groups is 1. The van der Waals surface area contributed by atoms with Crippen molar-refractivity contribution in [2.45, 2.75) is 32.3 Å². The van der Waals surface area contributed by atoms with Crippen molar-refractivity contribution < 1.29 is 14.6 Å². The molecule has 0 bridgehead atoms. The molecule has 2 N–H and O–H groups in total. The fraction of sp³-hybridized carbons (Fsp3) is 0.571. The molecule has 0 saturated heterocycles. The van der Waals surface area contributed by atoms with Crippen LogP contribution in [0.2, 0.25) is 5.15 Å². The standard InChI is InChI=1S/C14H21ClN2O3/c1-4-11-7-10(8-12(15)17-11)13(18)16-9-14(2,19)5-6-20-3/h7-8,19H,4-6,9H2,1-3H3,(H,16,18).